The van der Waals surface area contributed by atoms with Gasteiger partial charge in [-0.25, -0.2) is 4.39 Å². The molecule has 51 heavy (non-hydrogen) atoms. The highest BCUT2D eigenvalue weighted by Gasteiger charge is 2.41. The third-order valence-electron chi connectivity index (χ3n) is 11.6. The summed E-state index contributed by atoms with van der Waals surface area (Å²) in [6.07, 6.45) is 25.4. The van der Waals surface area contributed by atoms with Gasteiger partial charge in [0.2, 0.25) is 5.78 Å². The number of ketones is 2. The molecule has 0 amide bonds. The zero-order valence-corrected chi connectivity index (χ0v) is 32.7. The summed E-state index contributed by atoms with van der Waals surface area (Å²) in [4.78, 5) is 25.0. The van der Waals surface area contributed by atoms with Gasteiger partial charge in [-0.05, 0) is 58.8 Å². The first-order valence-corrected chi connectivity index (χ1v) is 21.1. The molecule has 8 heteroatoms. The molecule has 7 nitrogen and oxygen atoms in total. The van der Waals surface area contributed by atoms with Crippen LogP contribution in [0.1, 0.15) is 188 Å². The summed E-state index contributed by atoms with van der Waals surface area (Å²) in [5.41, 5.74) is 0.380. The predicted octanol–water partition coefficient (Wildman–Crippen LogP) is 10.1. The van der Waals surface area contributed by atoms with Crippen molar-refractivity contribution < 1.29 is 38.4 Å². The van der Waals surface area contributed by atoms with Crippen LogP contribution in [-0.2, 0) is 23.8 Å². The summed E-state index contributed by atoms with van der Waals surface area (Å²) in [6, 6.07) is 0. The highest BCUT2D eigenvalue weighted by atomic mass is 18.2. The maximum atomic E-state index is 14.9. The Morgan fingerprint density at radius 1 is 0.608 bits per heavy atom. The zero-order chi connectivity index (χ0) is 37.0. The molecule has 294 valence electrons. The number of ether oxygens (including phenoxy) is 3. The molecule has 3 rings (SSSR count). The molecule has 0 spiro atoms. The average molecular weight is 720 g/mol. The number of aliphatic hydroxyl groups excluding tert-OH is 2. The molecule has 0 bridgehead atoms. The Morgan fingerprint density at radius 2 is 1.00 bits per heavy atom. The number of alkyl halides is 1. The van der Waals surface area contributed by atoms with Crippen LogP contribution in [0.25, 0.3) is 0 Å². The fourth-order valence-electron chi connectivity index (χ4n) is 8.32. The molecule has 2 heterocycles. The predicted molar refractivity (Wildman–Crippen MR) is 202 cm³/mol. The van der Waals surface area contributed by atoms with Crippen LogP contribution < -0.4 is 0 Å². The molecule has 2 saturated heterocycles. The van der Waals surface area contributed by atoms with E-state index >= 15 is 0 Å². The standard InChI is InChI=1S/C43H73FO7/c1-5-6-7-8-9-16-19-22-25-34(45)36-27-29-38(50-36)39-30-28-37(51-39)35(46)26-23-20-17-14-12-10-11-13-15-18-21-24-33(44)40-31(2)42(48)43(49-4)32(3)41(40)47/h33-39,45-46H,5-30H2,1-4H3/t33?,34-,35?,36+,37+,38+,39+/m0/s1/i44-1. The summed E-state index contributed by atoms with van der Waals surface area (Å²) < 4.78 is 32.6. The van der Waals surface area contributed by atoms with Crippen molar-refractivity contribution in [2.24, 2.45) is 0 Å². The SMILES string of the molecule is CCCCCCCCCC[C@H](O)[C@H]1CC[C@H]([C@H]2CC[C@H](C(O)CCCCCCCCCCCCCC([18F])C3=C(C)C(=O)C(OC)=C(C)C3=O)O2)O1. The van der Waals surface area contributed by atoms with Crippen molar-refractivity contribution in [3.05, 3.63) is 22.5 Å². The average Bonchev–Trinajstić information content (AvgIpc) is 3.82. The van der Waals surface area contributed by atoms with Crippen LogP contribution in [0.2, 0.25) is 0 Å². The molecule has 3 aliphatic rings. The molecule has 0 aromatic carbocycles. The molecule has 2 fully saturated rings. The van der Waals surface area contributed by atoms with Crippen LogP contribution in [0.4, 0.5) is 4.39 Å². The van der Waals surface area contributed by atoms with Gasteiger partial charge in [0.15, 0.2) is 11.5 Å². The molecule has 7 atom stereocenters. The van der Waals surface area contributed by atoms with Gasteiger partial charge in [-0.15, -0.1) is 0 Å². The van der Waals surface area contributed by atoms with Crippen LogP contribution in [0.5, 0.6) is 0 Å². The third-order valence-corrected chi connectivity index (χ3v) is 11.6. The van der Waals surface area contributed by atoms with E-state index in [2.05, 4.69) is 6.92 Å². The van der Waals surface area contributed by atoms with Gasteiger partial charge in [-0.3, -0.25) is 9.59 Å². The highest BCUT2D eigenvalue weighted by molar-refractivity contribution is 6.24. The summed E-state index contributed by atoms with van der Waals surface area (Å²) in [7, 11) is 1.36. The molecule has 0 saturated carbocycles. The van der Waals surface area contributed by atoms with Crippen molar-refractivity contribution in [2.75, 3.05) is 7.11 Å². The molecule has 2 N–H and O–H groups in total. The lowest BCUT2D eigenvalue weighted by Gasteiger charge is -2.24. The van der Waals surface area contributed by atoms with Gasteiger partial charge in [0.05, 0.1) is 43.7 Å². The molecular formula is C43H73FO7. The molecule has 0 aromatic rings. The van der Waals surface area contributed by atoms with Crippen LogP contribution in [0.3, 0.4) is 0 Å². The normalized spacial score (nSPS) is 24.5. The highest BCUT2D eigenvalue weighted by Crippen LogP contribution is 2.35. The van der Waals surface area contributed by atoms with Crippen molar-refractivity contribution in [3.63, 3.8) is 0 Å². The lowest BCUT2D eigenvalue weighted by Crippen LogP contribution is -2.33. The largest absolute Gasteiger partial charge is 0.492 e. The second kappa shape index (κ2) is 24.7. The van der Waals surface area contributed by atoms with E-state index < -0.39 is 18.1 Å². The van der Waals surface area contributed by atoms with Crippen molar-refractivity contribution >= 4 is 11.6 Å². The van der Waals surface area contributed by atoms with Crippen molar-refractivity contribution in [3.8, 4) is 0 Å². The molecule has 2 aliphatic heterocycles. The molecule has 0 radical (unpaired) electrons. The first-order chi connectivity index (χ1) is 24.7. The monoisotopic (exact) mass is 720 g/mol. The number of unbranched alkanes of at least 4 members (excludes halogenated alkanes) is 17. The summed E-state index contributed by atoms with van der Waals surface area (Å²) in [5.74, 6) is -0.766. The van der Waals surface area contributed by atoms with E-state index in [1.807, 2.05) is 0 Å². The number of hydrogen-bond acceptors (Lipinski definition) is 7. The third kappa shape index (κ3) is 14.6. The maximum Gasteiger partial charge on any atom is 0.224 e. The molecular weight excluding hydrogens is 646 g/mol. The minimum atomic E-state index is -1.41. The van der Waals surface area contributed by atoms with Gasteiger partial charge in [-0.1, -0.05) is 129 Å². The van der Waals surface area contributed by atoms with Crippen molar-refractivity contribution in [2.45, 2.75) is 231 Å². The molecule has 0 aromatic heterocycles. The lowest BCUT2D eigenvalue weighted by molar-refractivity contribution is -0.119. The quantitative estimate of drug-likeness (QED) is 0.0613. The first-order valence-electron chi connectivity index (χ1n) is 21.1. The van der Waals surface area contributed by atoms with Crippen LogP contribution in [0, 0.1) is 0 Å². The minimum Gasteiger partial charge on any atom is -0.492 e. The summed E-state index contributed by atoms with van der Waals surface area (Å²) in [5, 5.41) is 21.5. The van der Waals surface area contributed by atoms with E-state index in [-0.39, 0.29) is 65.2 Å². The van der Waals surface area contributed by atoms with E-state index in [4.69, 9.17) is 14.2 Å². The second-order valence-corrected chi connectivity index (χ2v) is 15.8. The summed E-state index contributed by atoms with van der Waals surface area (Å²) >= 11 is 0. The second-order valence-electron chi connectivity index (χ2n) is 15.8. The molecule has 1 aliphatic carbocycles. The fourth-order valence-corrected chi connectivity index (χ4v) is 8.32. The Kier molecular flexibility index (Phi) is 21.2. The number of carbonyl (C=O) groups excluding carboxylic acids is 2. The number of Topliss-reactive ketones (excluding diaryl/α,β-unsaturated/α-hetero) is 2. The van der Waals surface area contributed by atoms with Gasteiger partial charge in [0, 0.05) is 16.7 Å². The van der Waals surface area contributed by atoms with E-state index in [0.29, 0.717) is 6.42 Å². The number of halogens is 1. The Bertz CT molecular complexity index is 1090. The van der Waals surface area contributed by atoms with E-state index in [9.17, 15) is 24.2 Å². The van der Waals surface area contributed by atoms with E-state index in [1.165, 1.54) is 98.0 Å². The van der Waals surface area contributed by atoms with Gasteiger partial charge < -0.3 is 24.4 Å². The van der Waals surface area contributed by atoms with Crippen molar-refractivity contribution in [1.29, 1.82) is 0 Å². The number of hydrogen-bond donors (Lipinski definition) is 2. The number of aliphatic hydroxyl groups is 2. The summed E-state index contributed by atoms with van der Waals surface area (Å²) in [6.45, 7) is 5.29. The number of methoxy groups -OCH3 is 1. The maximum absolute atomic E-state index is 14.9. The zero-order valence-electron chi connectivity index (χ0n) is 32.7. The Balaban J connectivity index is 1.13. The van der Waals surface area contributed by atoms with Crippen molar-refractivity contribution in [1.82, 2.24) is 0 Å². The van der Waals surface area contributed by atoms with Gasteiger partial charge >= 0.3 is 0 Å². The van der Waals surface area contributed by atoms with Gasteiger partial charge in [0.25, 0.3) is 0 Å². The van der Waals surface area contributed by atoms with E-state index in [1.54, 1.807) is 0 Å². The Labute approximate surface area is 309 Å². The van der Waals surface area contributed by atoms with E-state index in [0.717, 1.165) is 77.0 Å². The first kappa shape index (κ1) is 43.8. The number of allylic oxidation sites excluding steroid dienone is 3. The number of carbonyl (C=O) groups is 2. The minimum absolute atomic E-state index is 0.0115. The molecule has 2 unspecified atom stereocenters. The fraction of sp³-hybridized carbons (Fsp3) is 0.860. The van der Waals surface area contributed by atoms with Crippen LogP contribution >= 0.6 is 0 Å². The van der Waals surface area contributed by atoms with Gasteiger partial charge in [-0.2, -0.15) is 0 Å². The number of rotatable bonds is 28. The van der Waals surface area contributed by atoms with Gasteiger partial charge in [0.1, 0.15) is 6.17 Å². The topological polar surface area (TPSA) is 102 Å². The van der Waals surface area contributed by atoms with Crippen LogP contribution in [0.15, 0.2) is 22.5 Å². The van der Waals surface area contributed by atoms with Crippen LogP contribution in [-0.4, -0.2) is 71.7 Å². The lowest BCUT2D eigenvalue weighted by atomic mass is 9.85. The Hall–Kier alpha value is -1.61. The smallest absolute Gasteiger partial charge is 0.224 e. The Morgan fingerprint density at radius 3 is 1.41 bits per heavy atom.